The van der Waals surface area contributed by atoms with E-state index < -0.39 is 0 Å². The number of benzene rings is 1. The van der Waals surface area contributed by atoms with Crippen molar-refractivity contribution >= 4 is 12.0 Å². The molecule has 0 N–H and O–H groups in total. The minimum atomic E-state index is 0.635. The number of anilines is 1. The fraction of sp³-hybridized carbons (Fsp3) is 0.650. The predicted molar refractivity (Wildman–Crippen MR) is 200 cm³/mol. The maximum atomic E-state index is 9.17. The third kappa shape index (κ3) is 19.3. The maximum Gasteiger partial charge on any atom is 0.161 e. The van der Waals surface area contributed by atoms with Crippen LogP contribution >= 0.6 is 0 Å². The number of rotatable bonds is 10. The molecule has 5 nitrogen and oxygen atoms in total. The van der Waals surface area contributed by atoms with E-state index in [2.05, 4.69) is 80.7 Å². The monoisotopic (exact) mass is 626 g/mol. The molecule has 1 fully saturated rings. The number of nitrogens with zero attached hydrogens (tertiary/aromatic N) is 3. The van der Waals surface area contributed by atoms with Crippen molar-refractivity contribution in [2.24, 2.45) is 5.92 Å². The van der Waals surface area contributed by atoms with Crippen LogP contribution in [0.3, 0.4) is 0 Å². The van der Waals surface area contributed by atoms with E-state index in [1.54, 1.807) is 11.9 Å². The van der Waals surface area contributed by atoms with E-state index in [-0.39, 0.29) is 0 Å². The molecule has 2 aliphatic heterocycles. The van der Waals surface area contributed by atoms with Gasteiger partial charge in [-0.1, -0.05) is 107 Å². The first-order chi connectivity index (χ1) is 21.8. The number of unbranched alkanes of at least 4 members (excludes halogenated alkanes) is 2. The molecule has 258 valence electrons. The lowest BCUT2D eigenvalue weighted by Gasteiger charge is -2.27. The summed E-state index contributed by atoms with van der Waals surface area (Å²) < 4.78 is 5.70. The van der Waals surface area contributed by atoms with Crippen molar-refractivity contribution < 1.29 is 9.53 Å². The van der Waals surface area contributed by atoms with Gasteiger partial charge < -0.3 is 19.3 Å². The van der Waals surface area contributed by atoms with Crippen molar-refractivity contribution in [3.63, 3.8) is 0 Å². The number of likely N-dealkylation sites (tertiary alicyclic amines) is 1. The van der Waals surface area contributed by atoms with Gasteiger partial charge in [-0.15, -0.1) is 0 Å². The van der Waals surface area contributed by atoms with E-state index in [0.29, 0.717) is 25.0 Å². The summed E-state index contributed by atoms with van der Waals surface area (Å²) in [7, 11) is 2.11. The fourth-order valence-electron chi connectivity index (χ4n) is 5.15. The highest BCUT2D eigenvalue weighted by Crippen LogP contribution is 2.38. The number of carbonyl (C=O) groups is 1. The molecular formula is C40H71N3O2. The van der Waals surface area contributed by atoms with Gasteiger partial charge in [-0.2, -0.15) is 0 Å². The number of carbonyl (C=O) groups excluding carboxylic acids is 1. The molecule has 0 saturated carbocycles. The van der Waals surface area contributed by atoms with Gasteiger partial charge in [0.25, 0.3) is 0 Å². The highest BCUT2D eigenvalue weighted by atomic mass is 16.5. The summed E-state index contributed by atoms with van der Waals surface area (Å²) in [5.41, 5.74) is 5.51. The average molecular weight is 626 g/mol. The Morgan fingerprint density at radius 3 is 2.13 bits per heavy atom. The van der Waals surface area contributed by atoms with Crippen LogP contribution in [0.5, 0.6) is 5.75 Å². The first-order valence-electron chi connectivity index (χ1n) is 18.1. The Balaban J connectivity index is 0. The molecule has 2 atom stereocenters. The Labute approximate surface area is 279 Å². The predicted octanol–water partition coefficient (Wildman–Crippen LogP) is 11.6. The Kier molecular flexibility index (Phi) is 29.4. The van der Waals surface area contributed by atoms with Gasteiger partial charge >= 0.3 is 0 Å². The minimum absolute atomic E-state index is 0.635. The van der Waals surface area contributed by atoms with Gasteiger partial charge in [0, 0.05) is 44.6 Å². The van der Waals surface area contributed by atoms with Crippen LogP contribution in [0, 0.1) is 12.8 Å². The van der Waals surface area contributed by atoms with Crippen LogP contribution in [-0.4, -0.2) is 43.0 Å². The third-order valence-electron chi connectivity index (χ3n) is 7.38. The van der Waals surface area contributed by atoms with Crippen LogP contribution in [0.15, 0.2) is 54.5 Å². The molecule has 5 heteroatoms. The largest absolute Gasteiger partial charge is 0.471 e. The number of hydrogen-bond acceptors (Lipinski definition) is 5. The number of ether oxygens (including phenoxy) is 1. The zero-order valence-corrected chi connectivity index (χ0v) is 31.5. The van der Waals surface area contributed by atoms with Gasteiger partial charge in [0.2, 0.25) is 0 Å². The van der Waals surface area contributed by atoms with Gasteiger partial charge in [-0.25, -0.2) is 0 Å². The van der Waals surface area contributed by atoms with E-state index in [1.165, 1.54) is 74.8 Å². The zero-order valence-electron chi connectivity index (χ0n) is 31.5. The third-order valence-corrected chi connectivity index (χ3v) is 7.38. The molecule has 1 aromatic heterocycles. The second-order valence-electron chi connectivity index (χ2n) is 11.3. The van der Waals surface area contributed by atoms with Gasteiger partial charge in [0.1, 0.15) is 12.0 Å². The van der Waals surface area contributed by atoms with Crippen molar-refractivity contribution in [1.29, 1.82) is 0 Å². The Bertz CT molecular complexity index is 975. The van der Waals surface area contributed by atoms with Gasteiger partial charge in [0.15, 0.2) is 6.73 Å². The van der Waals surface area contributed by atoms with Gasteiger partial charge in [0.05, 0.1) is 5.69 Å². The van der Waals surface area contributed by atoms with Gasteiger partial charge in [-0.3, -0.25) is 4.98 Å². The summed E-state index contributed by atoms with van der Waals surface area (Å²) >= 11 is 0. The molecule has 2 aliphatic rings. The van der Waals surface area contributed by atoms with Crippen LogP contribution in [0.1, 0.15) is 144 Å². The molecule has 0 bridgehead atoms. The second-order valence-corrected chi connectivity index (χ2v) is 11.3. The lowest BCUT2D eigenvalue weighted by atomic mass is 9.87. The van der Waals surface area contributed by atoms with Crippen LogP contribution in [0.25, 0.3) is 0 Å². The Morgan fingerprint density at radius 1 is 1.00 bits per heavy atom. The number of hydrogen-bond donors (Lipinski definition) is 0. The average Bonchev–Trinajstić information content (AvgIpc) is 3.68. The van der Waals surface area contributed by atoms with Crippen molar-refractivity contribution in [2.45, 2.75) is 140 Å². The number of aryl methyl sites for hydroxylation is 1. The first kappa shape index (κ1) is 44.3. The first-order valence-corrected chi connectivity index (χ1v) is 18.1. The normalized spacial score (nSPS) is 14.6. The topological polar surface area (TPSA) is 45.7 Å². The minimum Gasteiger partial charge on any atom is -0.471 e. The summed E-state index contributed by atoms with van der Waals surface area (Å²) in [5, 5.41) is 0. The molecule has 2 aromatic rings. The molecule has 3 heterocycles. The standard InChI is InChI=1S/C22H34N2O.C6H7N.C5H12.C3H6O.2C2H6/c1-5-8-20-9-7-12-24(20)15-17(3)13-18(6-2)19-10-11-22-21(14-19)23(4)16-25-22;1-6-3-2-4-7-5-6;1-3-5-4-2;1-2-3-4;2*1-2/h8,10-11,14,17-18H,5-7,9,12-13,15-16H2,1-4H3;2-5H,1H3;3-5H2,1-2H3;3H,2H2,1H3;2*1-2H3/b20-8-;;;;;. The number of fused-ring (bicyclic) bond motifs is 1. The van der Waals surface area contributed by atoms with Crippen LogP contribution in [-0.2, 0) is 4.79 Å². The highest BCUT2D eigenvalue weighted by Gasteiger charge is 2.23. The van der Waals surface area contributed by atoms with Gasteiger partial charge in [-0.05, 0) is 80.2 Å². The lowest BCUT2D eigenvalue weighted by molar-refractivity contribution is -0.107. The van der Waals surface area contributed by atoms with E-state index in [1.807, 2.05) is 59.9 Å². The molecule has 1 saturated heterocycles. The molecular weight excluding hydrogens is 554 g/mol. The number of pyridine rings is 1. The summed E-state index contributed by atoms with van der Waals surface area (Å²) in [6, 6.07) is 10.7. The molecule has 2 unspecified atom stereocenters. The second kappa shape index (κ2) is 29.9. The fourth-order valence-corrected chi connectivity index (χ4v) is 5.15. The summed E-state index contributed by atoms with van der Waals surface area (Å²) in [6.45, 7) is 26.4. The Morgan fingerprint density at radius 2 is 1.67 bits per heavy atom. The van der Waals surface area contributed by atoms with Crippen molar-refractivity contribution in [3.05, 3.63) is 65.6 Å². The lowest BCUT2D eigenvalue weighted by Crippen LogP contribution is -2.25. The molecule has 0 amide bonds. The SMILES string of the molecule is CC.CC.CC/C=C1/CCCN1CC(C)CC(CC)c1ccc2c(c1)N(C)CO2.CCC=O.CCCCC.Cc1cccnc1. The summed E-state index contributed by atoms with van der Waals surface area (Å²) in [5.74, 6) is 2.38. The van der Waals surface area contributed by atoms with Crippen LogP contribution in [0.4, 0.5) is 5.69 Å². The van der Waals surface area contributed by atoms with Crippen LogP contribution in [0.2, 0.25) is 0 Å². The van der Waals surface area contributed by atoms with Crippen molar-refractivity contribution in [1.82, 2.24) is 9.88 Å². The van der Waals surface area contributed by atoms with E-state index in [4.69, 9.17) is 4.74 Å². The van der Waals surface area contributed by atoms with Crippen molar-refractivity contribution in [2.75, 3.05) is 31.8 Å². The molecule has 45 heavy (non-hydrogen) atoms. The van der Waals surface area contributed by atoms with E-state index >= 15 is 0 Å². The Hall–Kier alpha value is -2.82. The molecule has 0 spiro atoms. The van der Waals surface area contributed by atoms with E-state index in [0.717, 1.165) is 18.5 Å². The van der Waals surface area contributed by atoms with Crippen LogP contribution < -0.4 is 9.64 Å². The smallest absolute Gasteiger partial charge is 0.161 e. The van der Waals surface area contributed by atoms with E-state index in [9.17, 15) is 4.79 Å². The zero-order chi connectivity index (χ0) is 34.5. The quantitative estimate of drug-likeness (QED) is 0.246. The highest BCUT2D eigenvalue weighted by molar-refractivity contribution is 5.62. The summed E-state index contributed by atoms with van der Waals surface area (Å²) in [4.78, 5) is 17.9. The number of allylic oxidation sites excluding steroid dienone is 2. The molecule has 0 radical (unpaired) electrons. The molecule has 4 rings (SSSR count). The van der Waals surface area contributed by atoms with Crippen molar-refractivity contribution in [3.8, 4) is 5.75 Å². The molecule has 1 aromatic carbocycles. The molecule has 0 aliphatic carbocycles. The maximum absolute atomic E-state index is 9.17. The number of aldehydes is 1. The number of aromatic nitrogens is 1. The summed E-state index contributed by atoms with van der Waals surface area (Å²) in [6.07, 6.45) is 17.8.